The van der Waals surface area contributed by atoms with Crippen molar-refractivity contribution in [3.63, 3.8) is 0 Å². The van der Waals surface area contributed by atoms with Crippen LogP contribution < -0.4 is 20.9 Å². The highest BCUT2D eigenvalue weighted by Crippen LogP contribution is 2.32. The summed E-state index contributed by atoms with van der Waals surface area (Å²) in [4.78, 5) is 18.3. The van der Waals surface area contributed by atoms with Crippen molar-refractivity contribution in [2.75, 3.05) is 47.0 Å². The molecule has 168 valence electrons. The van der Waals surface area contributed by atoms with Crippen LogP contribution in [-0.2, 0) is 0 Å². The van der Waals surface area contributed by atoms with Gasteiger partial charge in [-0.25, -0.2) is 9.97 Å². The topological polar surface area (TPSA) is 83.2 Å². The van der Waals surface area contributed by atoms with Crippen LogP contribution in [0.1, 0.15) is 16.8 Å². The maximum Gasteiger partial charge on any atom is 0.159 e. The maximum absolute atomic E-state index is 6.56. The van der Waals surface area contributed by atoms with Gasteiger partial charge in [0.25, 0.3) is 0 Å². The van der Waals surface area contributed by atoms with Gasteiger partial charge < -0.3 is 20.9 Å². The molecule has 5 rings (SSSR count). The minimum Gasteiger partial charge on any atom is -0.393 e. The van der Waals surface area contributed by atoms with Gasteiger partial charge in [-0.15, -0.1) is 0 Å². The number of benzene rings is 2. The molecule has 7 heteroatoms. The molecule has 0 atom stereocenters. The molecule has 3 N–H and O–H groups in total. The van der Waals surface area contributed by atoms with Crippen molar-refractivity contribution in [2.24, 2.45) is 0 Å². The molecule has 0 spiro atoms. The van der Waals surface area contributed by atoms with E-state index in [0.717, 1.165) is 54.3 Å². The molecule has 2 aromatic carbocycles. The van der Waals surface area contributed by atoms with E-state index in [1.54, 1.807) is 6.33 Å². The molecule has 33 heavy (non-hydrogen) atoms. The Morgan fingerprint density at radius 3 is 2.42 bits per heavy atom. The van der Waals surface area contributed by atoms with E-state index >= 15 is 0 Å². The van der Waals surface area contributed by atoms with Gasteiger partial charge in [0.15, 0.2) is 11.6 Å². The Bertz CT molecular complexity index is 1310. The van der Waals surface area contributed by atoms with Crippen LogP contribution in [0.2, 0.25) is 0 Å². The van der Waals surface area contributed by atoms with Crippen LogP contribution in [-0.4, -0.2) is 41.1 Å². The molecule has 4 aromatic rings. The number of fused-ring (bicyclic) bond motifs is 1. The predicted molar refractivity (Wildman–Crippen MR) is 137 cm³/mol. The molecule has 0 radical (unpaired) electrons. The molecule has 0 aliphatic carbocycles. The van der Waals surface area contributed by atoms with Crippen LogP contribution >= 0.6 is 0 Å². The number of nitrogens with one attached hydrogen (secondary N) is 1. The van der Waals surface area contributed by atoms with E-state index in [1.807, 2.05) is 25.1 Å². The summed E-state index contributed by atoms with van der Waals surface area (Å²) in [6.45, 7) is 9.89. The zero-order chi connectivity index (χ0) is 22.9. The smallest absolute Gasteiger partial charge is 0.159 e. The summed E-state index contributed by atoms with van der Waals surface area (Å²) in [5.41, 5.74) is 13.9. The van der Waals surface area contributed by atoms with Crippen molar-refractivity contribution < 1.29 is 0 Å². The molecular formula is C26H29N7. The molecule has 0 saturated carbocycles. The Labute approximate surface area is 194 Å². The second kappa shape index (κ2) is 8.58. The molecular weight excluding hydrogens is 410 g/mol. The lowest BCUT2D eigenvalue weighted by Crippen LogP contribution is -2.47. The van der Waals surface area contributed by atoms with E-state index in [9.17, 15) is 0 Å². The highest BCUT2D eigenvalue weighted by atomic mass is 15.3. The van der Waals surface area contributed by atoms with Gasteiger partial charge in [-0.3, -0.25) is 4.98 Å². The minimum atomic E-state index is 0.558. The predicted octanol–water partition coefficient (Wildman–Crippen LogP) is 4.60. The third kappa shape index (κ3) is 4.02. The number of aryl methyl sites for hydroxylation is 2. The van der Waals surface area contributed by atoms with E-state index < -0.39 is 0 Å². The monoisotopic (exact) mass is 439 g/mol. The third-order valence-corrected chi connectivity index (χ3v) is 6.47. The summed E-state index contributed by atoms with van der Waals surface area (Å²) in [6.07, 6.45) is 1.58. The summed E-state index contributed by atoms with van der Waals surface area (Å²) < 4.78 is 0. The second-order valence-corrected chi connectivity index (χ2v) is 8.61. The quantitative estimate of drug-likeness (QED) is 0.481. The van der Waals surface area contributed by atoms with E-state index in [4.69, 9.17) is 10.7 Å². The zero-order valence-electron chi connectivity index (χ0n) is 19.3. The number of para-hydroxylation sites is 1. The molecule has 0 amide bonds. The Balaban J connectivity index is 1.37. The summed E-state index contributed by atoms with van der Waals surface area (Å²) >= 11 is 0. The van der Waals surface area contributed by atoms with Crippen molar-refractivity contribution >= 4 is 39.6 Å². The van der Waals surface area contributed by atoms with E-state index in [1.165, 1.54) is 16.8 Å². The summed E-state index contributed by atoms with van der Waals surface area (Å²) in [6, 6.07) is 16.7. The standard InChI is InChI=1S/C26H29N7/c1-17-6-4-9-22(19(17)3)32-12-14-33(15-13-32)26-23(27)25(28-16-29-26)31-21-8-5-7-20-11-10-18(2)30-24(20)21/h4-11,16H,12-15,27H2,1-3H3,(H,28,29,31). The van der Waals surface area contributed by atoms with Crippen LogP contribution in [0.5, 0.6) is 0 Å². The highest BCUT2D eigenvalue weighted by Gasteiger charge is 2.22. The molecule has 3 heterocycles. The lowest BCUT2D eigenvalue weighted by Gasteiger charge is -2.38. The highest BCUT2D eigenvalue weighted by molar-refractivity contribution is 5.93. The van der Waals surface area contributed by atoms with Crippen molar-refractivity contribution in [3.05, 3.63) is 71.7 Å². The van der Waals surface area contributed by atoms with Gasteiger partial charge in [0.1, 0.15) is 12.0 Å². The van der Waals surface area contributed by atoms with Gasteiger partial charge in [0, 0.05) is 42.9 Å². The average molecular weight is 440 g/mol. The van der Waals surface area contributed by atoms with Crippen molar-refractivity contribution in [2.45, 2.75) is 20.8 Å². The SMILES string of the molecule is Cc1ccc2cccc(Nc3ncnc(N4CCN(c5cccc(C)c5C)CC4)c3N)c2n1. The van der Waals surface area contributed by atoms with E-state index in [2.05, 4.69) is 69.3 Å². The van der Waals surface area contributed by atoms with Crippen molar-refractivity contribution in [1.29, 1.82) is 0 Å². The van der Waals surface area contributed by atoms with Gasteiger partial charge in [-0.1, -0.05) is 30.3 Å². The minimum absolute atomic E-state index is 0.558. The van der Waals surface area contributed by atoms with Gasteiger partial charge in [0.2, 0.25) is 0 Å². The molecule has 7 nitrogen and oxygen atoms in total. The first-order chi connectivity index (χ1) is 16.0. The third-order valence-electron chi connectivity index (χ3n) is 6.47. The van der Waals surface area contributed by atoms with Crippen molar-refractivity contribution in [1.82, 2.24) is 15.0 Å². The van der Waals surface area contributed by atoms with Gasteiger partial charge in [-0.05, 0) is 50.1 Å². The largest absolute Gasteiger partial charge is 0.393 e. The number of nitrogens with zero attached hydrogens (tertiary/aromatic N) is 5. The fourth-order valence-electron chi connectivity index (χ4n) is 4.45. The lowest BCUT2D eigenvalue weighted by molar-refractivity contribution is 0.646. The number of hydrogen-bond acceptors (Lipinski definition) is 7. The first-order valence-electron chi connectivity index (χ1n) is 11.3. The number of aromatic nitrogens is 3. The van der Waals surface area contributed by atoms with Gasteiger partial charge >= 0.3 is 0 Å². The molecule has 0 unspecified atom stereocenters. The first-order valence-corrected chi connectivity index (χ1v) is 11.3. The normalized spacial score (nSPS) is 14.0. The Kier molecular flexibility index (Phi) is 5.46. The first kappa shape index (κ1) is 21.0. The number of piperazine rings is 1. The fraction of sp³-hybridized carbons (Fsp3) is 0.269. The zero-order valence-corrected chi connectivity index (χ0v) is 19.3. The number of pyridine rings is 1. The molecule has 2 aromatic heterocycles. The Hall–Kier alpha value is -3.87. The maximum atomic E-state index is 6.56. The summed E-state index contributed by atoms with van der Waals surface area (Å²) in [5.74, 6) is 1.38. The average Bonchev–Trinajstić information content (AvgIpc) is 2.83. The number of rotatable bonds is 4. The second-order valence-electron chi connectivity index (χ2n) is 8.61. The molecule has 0 bridgehead atoms. The van der Waals surface area contributed by atoms with E-state index in [0.29, 0.717) is 11.5 Å². The lowest BCUT2D eigenvalue weighted by atomic mass is 10.1. The van der Waals surface area contributed by atoms with Crippen molar-refractivity contribution in [3.8, 4) is 0 Å². The fourth-order valence-corrected chi connectivity index (χ4v) is 4.45. The van der Waals surface area contributed by atoms with Crippen LogP contribution in [0.3, 0.4) is 0 Å². The van der Waals surface area contributed by atoms with Crippen LogP contribution in [0.25, 0.3) is 10.9 Å². The Morgan fingerprint density at radius 1 is 0.848 bits per heavy atom. The van der Waals surface area contributed by atoms with E-state index in [-0.39, 0.29) is 0 Å². The van der Waals surface area contributed by atoms with Crippen LogP contribution in [0.4, 0.5) is 28.7 Å². The number of nitrogen functional groups attached to an aromatic ring is 1. The molecule has 1 aliphatic rings. The summed E-state index contributed by atoms with van der Waals surface area (Å²) in [7, 11) is 0. The van der Waals surface area contributed by atoms with Gasteiger partial charge in [0.05, 0.1) is 11.2 Å². The number of anilines is 5. The number of hydrogen-bond donors (Lipinski definition) is 2. The van der Waals surface area contributed by atoms with Crippen LogP contribution in [0.15, 0.2) is 54.9 Å². The van der Waals surface area contributed by atoms with Gasteiger partial charge in [-0.2, -0.15) is 0 Å². The number of nitrogens with two attached hydrogens (primary N) is 1. The van der Waals surface area contributed by atoms with Crippen LogP contribution in [0, 0.1) is 20.8 Å². The summed E-state index contributed by atoms with van der Waals surface area (Å²) in [5, 5.41) is 4.46. The molecule has 1 fully saturated rings. The molecule has 1 saturated heterocycles. The molecule has 1 aliphatic heterocycles. The Morgan fingerprint density at radius 2 is 1.61 bits per heavy atom.